The third-order valence-electron chi connectivity index (χ3n) is 4.09. The maximum absolute atomic E-state index is 12.2. The Kier molecular flexibility index (Phi) is 7.35. The van der Waals surface area contributed by atoms with Gasteiger partial charge >= 0.3 is 12.1 Å². The van der Waals surface area contributed by atoms with E-state index in [1.165, 1.54) is 7.11 Å². The molecule has 0 rings (SSSR count). The van der Waals surface area contributed by atoms with Gasteiger partial charge in [0.2, 0.25) is 0 Å². The van der Waals surface area contributed by atoms with Crippen molar-refractivity contribution in [1.29, 1.82) is 0 Å². The number of methoxy groups -OCH3 is 1. The molecule has 0 unspecified atom stereocenters. The van der Waals surface area contributed by atoms with Crippen molar-refractivity contribution in [3.05, 3.63) is 12.7 Å². The fourth-order valence-electron chi connectivity index (χ4n) is 2.11. The molecule has 5 nitrogen and oxygen atoms in total. The Labute approximate surface area is 135 Å². The van der Waals surface area contributed by atoms with Crippen LogP contribution in [0.1, 0.15) is 34.6 Å². The molecule has 128 valence electrons. The molecule has 0 aromatic rings. The summed E-state index contributed by atoms with van der Waals surface area (Å²) in [4.78, 5) is 24.2. The van der Waals surface area contributed by atoms with E-state index in [0.29, 0.717) is 5.54 Å². The normalized spacial score (nSPS) is 15.0. The Bertz CT molecular complexity index is 413. The fourth-order valence-corrected chi connectivity index (χ4v) is 4.57. The molecule has 0 heterocycles. The molecule has 0 saturated carbocycles. The number of esters is 1. The standard InChI is InChI=1S/C16H31NO4Si/c1-10-12(22(8,9)11(2)3)13(14(18)20-7)17-15(19)21-16(4,5)6/h10-13H,1H2,2-9H3,(H,17,19)/t12-,13+/m0/s1. The van der Waals surface area contributed by atoms with E-state index in [9.17, 15) is 9.59 Å². The minimum Gasteiger partial charge on any atom is -0.467 e. The highest BCUT2D eigenvalue weighted by molar-refractivity contribution is 6.80. The zero-order chi connectivity index (χ0) is 17.7. The Morgan fingerprint density at radius 2 is 1.73 bits per heavy atom. The molecule has 0 radical (unpaired) electrons. The van der Waals surface area contributed by atoms with Gasteiger partial charge in [-0.1, -0.05) is 38.6 Å². The molecule has 22 heavy (non-hydrogen) atoms. The molecular formula is C16H31NO4Si. The highest BCUT2D eigenvalue weighted by Crippen LogP contribution is 2.36. The van der Waals surface area contributed by atoms with Gasteiger partial charge < -0.3 is 14.8 Å². The topological polar surface area (TPSA) is 64.6 Å². The van der Waals surface area contributed by atoms with E-state index in [4.69, 9.17) is 9.47 Å². The van der Waals surface area contributed by atoms with Gasteiger partial charge in [-0.25, -0.2) is 9.59 Å². The van der Waals surface area contributed by atoms with Crippen LogP contribution in [0, 0.1) is 0 Å². The van der Waals surface area contributed by atoms with Gasteiger partial charge in [-0.3, -0.25) is 0 Å². The lowest BCUT2D eigenvalue weighted by Crippen LogP contribution is -2.53. The first-order valence-electron chi connectivity index (χ1n) is 7.56. The number of carbonyl (C=O) groups is 2. The molecule has 0 aliphatic heterocycles. The second-order valence-electron chi connectivity index (χ2n) is 7.38. The number of alkyl carbamates (subject to hydrolysis) is 1. The maximum Gasteiger partial charge on any atom is 0.408 e. The average Bonchev–Trinajstić information content (AvgIpc) is 2.34. The zero-order valence-electron chi connectivity index (χ0n) is 15.1. The van der Waals surface area contributed by atoms with Crippen LogP contribution in [0.2, 0.25) is 24.2 Å². The van der Waals surface area contributed by atoms with Gasteiger partial charge in [0.15, 0.2) is 0 Å². The summed E-state index contributed by atoms with van der Waals surface area (Å²) in [6, 6.07) is -0.776. The molecule has 0 bridgehead atoms. The molecular weight excluding hydrogens is 298 g/mol. The van der Waals surface area contributed by atoms with Crippen LogP contribution in [0.3, 0.4) is 0 Å². The van der Waals surface area contributed by atoms with Crippen molar-refractivity contribution < 1.29 is 19.1 Å². The van der Waals surface area contributed by atoms with Crippen LogP contribution in [0.25, 0.3) is 0 Å². The lowest BCUT2D eigenvalue weighted by molar-refractivity contribution is -0.143. The van der Waals surface area contributed by atoms with E-state index in [1.54, 1.807) is 26.8 Å². The molecule has 0 aromatic heterocycles. The van der Waals surface area contributed by atoms with Gasteiger partial charge in [0, 0.05) is 5.54 Å². The van der Waals surface area contributed by atoms with Gasteiger partial charge in [0.1, 0.15) is 11.6 Å². The number of amides is 1. The van der Waals surface area contributed by atoms with E-state index >= 15 is 0 Å². The van der Waals surface area contributed by atoms with Crippen LogP contribution in [0.5, 0.6) is 0 Å². The molecule has 0 aromatic carbocycles. The van der Waals surface area contributed by atoms with E-state index in [2.05, 4.69) is 38.8 Å². The average molecular weight is 330 g/mol. The smallest absolute Gasteiger partial charge is 0.408 e. The van der Waals surface area contributed by atoms with Gasteiger partial charge in [-0.05, 0) is 20.8 Å². The minimum absolute atomic E-state index is 0.146. The fraction of sp³-hybridized carbons (Fsp3) is 0.750. The minimum atomic E-state index is -1.87. The summed E-state index contributed by atoms with van der Waals surface area (Å²) in [7, 11) is -0.551. The van der Waals surface area contributed by atoms with Crippen LogP contribution in [-0.2, 0) is 14.3 Å². The summed E-state index contributed by atoms with van der Waals surface area (Å²) >= 11 is 0. The molecule has 0 aliphatic rings. The van der Waals surface area contributed by atoms with Crippen molar-refractivity contribution in [3.8, 4) is 0 Å². The molecule has 0 aliphatic carbocycles. The second-order valence-corrected chi connectivity index (χ2v) is 12.8. The summed E-state index contributed by atoms with van der Waals surface area (Å²) in [5, 5.41) is 2.66. The number of rotatable bonds is 6. The molecule has 0 saturated heterocycles. The maximum atomic E-state index is 12.2. The molecule has 2 atom stereocenters. The number of ether oxygens (including phenoxy) is 2. The van der Waals surface area contributed by atoms with E-state index in [0.717, 1.165) is 0 Å². The number of nitrogens with one attached hydrogen (secondary N) is 1. The van der Waals surface area contributed by atoms with Crippen LogP contribution in [0.15, 0.2) is 12.7 Å². The lowest BCUT2D eigenvalue weighted by atomic mass is 10.2. The van der Waals surface area contributed by atoms with E-state index in [-0.39, 0.29) is 5.54 Å². The van der Waals surface area contributed by atoms with Gasteiger partial charge in [0.05, 0.1) is 15.2 Å². The van der Waals surface area contributed by atoms with Crippen LogP contribution >= 0.6 is 0 Å². The predicted octanol–water partition coefficient (Wildman–Crippen LogP) is 3.73. The quantitative estimate of drug-likeness (QED) is 0.458. The van der Waals surface area contributed by atoms with E-state index < -0.39 is 31.8 Å². The van der Waals surface area contributed by atoms with Gasteiger partial charge in [-0.15, -0.1) is 6.58 Å². The van der Waals surface area contributed by atoms with Crippen molar-refractivity contribution >= 4 is 20.1 Å². The Morgan fingerprint density at radius 1 is 1.23 bits per heavy atom. The third kappa shape index (κ3) is 5.83. The first-order chi connectivity index (χ1) is 9.86. The number of hydrogen-bond donors (Lipinski definition) is 1. The summed E-state index contributed by atoms with van der Waals surface area (Å²) in [5.74, 6) is -0.475. The van der Waals surface area contributed by atoms with Crippen molar-refractivity contribution in [3.63, 3.8) is 0 Å². The first kappa shape index (κ1) is 20.7. The Morgan fingerprint density at radius 3 is 2.05 bits per heavy atom. The van der Waals surface area contributed by atoms with Crippen molar-refractivity contribution in [2.24, 2.45) is 0 Å². The summed E-state index contributed by atoms with van der Waals surface area (Å²) in [6.07, 6.45) is 1.13. The van der Waals surface area contributed by atoms with Crippen molar-refractivity contribution in [1.82, 2.24) is 5.32 Å². The van der Waals surface area contributed by atoms with E-state index in [1.807, 2.05) is 0 Å². The molecule has 1 amide bonds. The highest BCUT2D eigenvalue weighted by Gasteiger charge is 2.42. The molecule has 6 heteroatoms. The highest BCUT2D eigenvalue weighted by atomic mass is 28.3. The summed E-state index contributed by atoms with van der Waals surface area (Å²) in [6.45, 7) is 17.8. The van der Waals surface area contributed by atoms with Crippen molar-refractivity contribution in [2.45, 2.75) is 70.4 Å². The monoisotopic (exact) mass is 329 g/mol. The van der Waals surface area contributed by atoms with Gasteiger partial charge in [0.25, 0.3) is 0 Å². The van der Waals surface area contributed by atoms with Crippen LogP contribution < -0.4 is 5.32 Å². The zero-order valence-corrected chi connectivity index (χ0v) is 16.1. The SMILES string of the molecule is C=C[C@@H]([C@@H](NC(=O)OC(C)(C)C)C(=O)OC)[Si](C)(C)C(C)C. The van der Waals surface area contributed by atoms with Crippen LogP contribution in [-0.4, -0.2) is 38.9 Å². The second kappa shape index (κ2) is 7.81. The van der Waals surface area contributed by atoms with Gasteiger partial charge in [-0.2, -0.15) is 0 Å². The molecule has 1 N–H and O–H groups in total. The molecule has 0 spiro atoms. The first-order valence-corrected chi connectivity index (χ1v) is 10.7. The predicted molar refractivity (Wildman–Crippen MR) is 91.7 cm³/mol. The number of hydrogen-bond acceptors (Lipinski definition) is 4. The summed E-state index contributed by atoms with van der Waals surface area (Å²) in [5.41, 5.74) is -0.352. The molecule has 0 fully saturated rings. The third-order valence-corrected chi connectivity index (χ3v) is 9.35. The lowest BCUT2D eigenvalue weighted by Gasteiger charge is -2.38. The Hall–Kier alpha value is -1.30. The summed E-state index contributed by atoms with van der Waals surface area (Å²) < 4.78 is 10.1. The largest absolute Gasteiger partial charge is 0.467 e. The van der Waals surface area contributed by atoms with Crippen LogP contribution in [0.4, 0.5) is 4.79 Å². The van der Waals surface area contributed by atoms with Crippen molar-refractivity contribution in [2.75, 3.05) is 7.11 Å². The number of carbonyl (C=O) groups excluding carboxylic acids is 2. The Balaban J connectivity index is 5.40.